The molecule has 4 aromatic rings. The average molecular weight is 462 g/mol. The van der Waals surface area contributed by atoms with Crippen molar-refractivity contribution in [1.82, 2.24) is 14.8 Å². The molecular weight excluding hydrogens is 434 g/mol. The monoisotopic (exact) mass is 461 g/mol. The Bertz CT molecular complexity index is 1160. The Hall–Kier alpha value is -3.45. The highest BCUT2D eigenvalue weighted by molar-refractivity contribution is 7.99. The summed E-state index contributed by atoms with van der Waals surface area (Å²) in [6.45, 7) is 5.25. The molecule has 7 heteroatoms. The van der Waals surface area contributed by atoms with Gasteiger partial charge in [0.05, 0.1) is 20.3 Å². The van der Waals surface area contributed by atoms with E-state index in [1.165, 1.54) is 5.56 Å². The number of nitrogens with zero attached hydrogens (tertiary/aromatic N) is 3. The summed E-state index contributed by atoms with van der Waals surface area (Å²) < 4.78 is 18.7. The lowest BCUT2D eigenvalue weighted by Crippen LogP contribution is -2.03. The molecule has 0 radical (unpaired) electrons. The number of ether oxygens (including phenoxy) is 3. The van der Waals surface area contributed by atoms with Crippen LogP contribution in [0.15, 0.2) is 78.0 Å². The zero-order valence-electron chi connectivity index (χ0n) is 19.0. The number of aromatic nitrogens is 3. The Morgan fingerprint density at radius 2 is 1.42 bits per heavy atom. The SMILES string of the molecule is CCOc1ccc(OCCSc2nnc(-c3ccc(OC)cc3)n2-c2ccc(C)cc2)cc1. The molecule has 0 saturated carbocycles. The van der Waals surface area contributed by atoms with E-state index < -0.39 is 0 Å². The van der Waals surface area contributed by atoms with Gasteiger partial charge < -0.3 is 14.2 Å². The molecule has 0 saturated heterocycles. The van der Waals surface area contributed by atoms with E-state index in [9.17, 15) is 0 Å². The van der Waals surface area contributed by atoms with Crippen molar-refractivity contribution in [3.05, 3.63) is 78.4 Å². The zero-order chi connectivity index (χ0) is 23.0. The third-order valence-corrected chi connectivity index (χ3v) is 5.88. The number of thioether (sulfide) groups is 1. The van der Waals surface area contributed by atoms with Crippen LogP contribution in [0.2, 0.25) is 0 Å². The van der Waals surface area contributed by atoms with E-state index in [-0.39, 0.29) is 0 Å². The Morgan fingerprint density at radius 1 is 0.788 bits per heavy atom. The number of hydrogen-bond acceptors (Lipinski definition) is 6. The first-order chi connectivity index (χ1) is 16.2. The van der Waals surface area contributed by atoms with Crippen LogP contribution in [0.5, 0.6) is 17.2 Å². The highest BCUT2D eigenvalue weighted by Crippen LogP contribution is 2.29. The summed E-state index contributed by atoms with van der Waals surface area (Å²) >= 11 is 1.61. The fourth-order valence-electron chi connectivity index (χ4n) is 3.31. The van der Waals surface area contributed by atoms with Gasteiger partial charge in [-0.15, -0.1) is 10.2 Å². The largest absolute Gasteiger partial charge is 0.497 e. The molecule has 1 heterocycles. The molecule has 0 aliphatic heterocycles. The van der Waals surface area contributed by atoms with Crippen LogP contribution in [0.4, 0.5) is 0 Å². The lowest BCUT2D eigenvalue weighted by Gasteiger charge is -2.11. The van der Waals surface area contributed by atoms with Gasteiger partial charge in [-0.1, -0.05) is 29.5 Å². The molecule has 1 aromatic heterocycles. The molecular formula is C26H27N3O3S. The van der Waals surface area contributed by atoms with Gasteiger partial charge in [0, 0.05) is 17.0 Å². The molecule has 0 amide bonds. The molecule has 0 fully saturated rings. The molecule has 0 spiro atoms. The second-order valence-corrected chi connectivity index (χ2v) is 8.37. The van der Waals surface area contributed by atoms with Crippen molar-refractivity contribution in [3.63, 3.8) is 0 Å². The Kier molecular flexibility index (Phi) is 7.52. The van der Waals surface area contributed by atoms with Gasteiger partial charge >= 0.3 is 0 Å². The van der Waals surface area contributed by atoms with Crippen LogP contribution in [0, 0.1) is 6.92 Å². The smallest absolute Gasteiger partial charge is 0.196 e. The highest BCUT2D eigenvalue weighted by Gasteiger charge is 2.16. The summed E-state index contributed by atoms with van der Waals surface area (Å²) in [5.74, 6) is 3.99. The van der Waals surface area contributed by atoms with Gasteiger partial charge in [0.15, 0.2) is 11.0 Å². The topological polar surface area (TPSA) is 58.4 Å². The molecule has 0 aliphatic rings. The van der Waals surface area contributed by atoms with Crippen LogP contribution in [0.3, 0.4) is 0 Å². The normalized spacial score (nSPS) is 10.8. The molecule has 0 bridgehead atoms. The minimum Gasteiger partial charge on any atom is -0.497 e. The van der Waals surface area contributed by atoms with Gasteiger partial charge in [-0.3, -0.25) is 4.57 Å². The van der Waals surface area contributed by atoms with Crippen LogP contribution in [0.25, 0.3) is 17.1 Å². The average Bonchev–Trinajstić information content (AvgIpc) is 3.27. The van der Waals surface area contributed by atoms with Crippen molar-refractivity contribution in [1.29, 1.82) is 0 Å². The standard InChI is InChI=1S/C26H27N3O3S/c1-4-31-23-13-15-24(16-14-23)32-17-18-33-26-28-27-25(20-7-11-22(30-3)12-8-20)29(26)21-9-5-19(2)6-10-21/h5-16H,4,17-18H2,1-3H3. The van der Waals surface area contributed by atoms with Gasteiger partial charge in [0.1, 0.15) is 17.2 Å². The first kappa shape index (κ1) is 22.7. The summed E-state index contributed by atoms with van der Waals surface area (Å²) in [6, 6.07) is 23.9. The second kappa shape index (κ2) is 10.9. The first-order valence-corrected chi connectivity index (χ1v) is 11.8. The fourth-order valence-corrected chi connectivity index (χ4v) is 4.08. The molecule has 4 rings (SSSR count). The molecule has 170 valence electrons. The van der Waals surface area contributed by atoms with Crippen LogP contribution in [0.1, 0.15) is 12.5 Å². The summed E-state index contributed by atoms with van der Waals surface area (Å²) in [7, 11) is 1.66. The van der Waals surface area contributed by atoms with E-state index in [1.54, 1.807) is 18.9 Å². The zero-order valence-corrected chi connectivity index (χ0v) is 19.8. The number of aryl methyl sites for hydroxylation is 1. The minimum atomic E-state index is 0.553. The Balaban J connectivity index is 1.49. The molecule has 0 N–H and O–H groups in total. The van der Waals surface area contributed by atoms with Crippen molar-refractivity contribution in [2.24, 2.45) is 0 Å². The summed E-state index contributed by atoms with van der Waals surface area (Å²) in [4.78, 5) is 0. The first-order valence-electron chi connectivity index (χ1n) is 10.8. The van der Waals surface area contributed by atoms with Crippen LogP contribution in [-0.2, 0) is 0 Å². The van der Waals surface area contributed by atoms with E-state index in [2.05, 4.69) is 46.0 Å². The maximum Gasteiger partial charge on any atom is 0.196 e. The number of methoxy groups -OCH3 is 1. The molecule has 3 aromatic carbocycles. The predicted molar refractivity (Wildman–Crippen MR) is 132 cm³/mol. The number of hydrogen-bond donors (Lipinski definition) is 0. The molecule has 0 unspecified atom stereocenters. The lowest BCUT2D eigenvalue weighted by atomic mass is 10.2. The molecule has 33 heavy (non-hydrogen) atoms. The predicted octanol–water partition coefficient (Wildman–Crippen LogP) is 5.82. The second-order valence-electron chi connectivity index (χ2n) is 7.31. The third kappa shape index (κ3) is 5.68. The van der Waals surface area contributed by atoms with Crippen LogP contribution < -0.4 is 14.2 Å². The number of benzene rings is 3. The van der Waals surface area contributed by atoms with Gasteiger partial charge in [-0.25, -0.2) is 0 Å². The van der Waals surface area contributed by atoms with E-state index in [1.807, 2.05) is 55.5 Å². The maximum absolute atomic E-state index is 5.89. The highest BCUT2D eigenvalue weighted by atomic mass is 32.2. The quantitative estimate of drug-likeness (QED) is 0.219. The number of rotatable bonds is 10. The van der Waals surface area contributed by atoms with Crippen LogP contribution in [-0.4, -0.2) is 40.8 Å². The van der Waals surface area contributed by atoms with Gasteiger partial charge in [0.2, 0.25) is 0 Å². The van der Waals surface area contributed by atoms with Crippen molar-refractivity contribution in [3.8, 4) is 34.3 Å². The molecule has 0 atom stereocenters. The van der Waals surface area contributed by atoms with E-state index in [4.69, 9.17) is 14.2 Å². The Morgan fingerprint density at radius 3 is 2.06 bits per heavy atom. The van der Waals surface area contributed by atoms with Crippen molar-refractivity contribution >= 4 is 11.8 Å². The fraction of sp³-hybridized carbons (Fsp3) is 0.231. The van der Waals surface area contributed by atoms with E-state index in [0.717, 1.165) is 45.2 Å². The van der Waals surface area contributed by atoms with Gasteiger partial charge in [-0.2, -0.15) is 0 Å². The summed E-state index contributed by atoms with van der Waals surface area (Å²) in [5, 5.41) is 9.80. The van der Waals surface area contributed by atoms with Crippen molar-refractivity contribution in [2.75, 3.05) is 26.1 Å². The third-order valence-electron chi connectivity index (χ3n) is 4.99. The Labute approximate surface area is 198 Å². The summed E-state index contributed by atoms with van der Waals surface area (Å²) in [6.07, 6.45) is 0. The van der Waals surface area contributed by atoms with Crippen molar-refractivity contribution < 1.29 is 14.2 Å². The van der Waals surface area contributed by atoms with Gasteiger partial charge in [-0.05, 0) is 74.5 Å². The van der Waals surface area contributed by atoms with Gasteiger partial charge in [0.25, 0.3) is 0 Å². The van der Waals surface area contributed by atoms with Crippen LogP contribution >= 0.6 is 11.8 Å². The lowest BCUT2D eigenvalue weighted by molar-refractivity contribution is 0.332. The van der Waals surface area contributed by atoms with E-state index >= 15 is 0 Å². The summed E-state index contributed by atoms with van der Waals surface area (Å²) in [5.41, 5.74) is 3.20. The van der Waals surface area contributed by atoms with E-state index in [0.29, 0.717) is 13.2 Å². The minimum absolute atomic E-state index is 0.553. The van der Waals surface area contributed by atoms with Crippen molar-refractivity contribution in [2.45, 2.75) is 19.0 Å². The molecule has 6 nitrogen and oxygen atoms in total. The maximum atomic E-state index is 5.89. The molecule has 0 aliphatic carbocycles.